The fourth-order valence-corrected chi connectivity index (χ4v) is 3.98. The van der Waals surface area contributed by atoms with Gasteiger partial charge >= 0.3 is 0 Å². The van der Waals surface area contributed by atoms with Crippen molar-refractivity contribution >= 4 is 11.8 Å². The SMILES string of the molecule is COc1ccc(OC)c(CSc2nnc(-c3ccccc3F)n2C2CC2)c1. The van der Waals surface area contributed by atoms with Crippen LogP contribution in [0.15, 0.2) is 47.6 Å². The van der Waals surface area contributed by atoms with Crippen LogP contribution in [0.3, 0.4) is 0 Å². The summed E-state index contributed by atoms with van der Waals surface area (Å²) in [5, 5.41) is 9.43. The van der Waals surface area contributed by atoms with Crippen LogP contribution in [-0.2, 0) is 5.75 Å². The molecular formula is C20H20FN3O2S. The number of rotatable bonds is 7. The van der Waals surface area contributed by atoms with Crippen LogP contribution in [0.1, 0.15) is 24.4 Å². The number of methoxy groups -OCH3 is 2. The van der Waals surface area contributed by atoms with Crippen molar-refractivity contribution in [1.82, 2.24) is 14.8 Å². The van der Waals surface area contributed by atoms with Crippen molar-refractivity contribution in [1.29, 1.82) is 0 Å². The first-order chi connectivity index (χ1) is 13.2. The molecule has 1 saturated carbocycles. The van der Waals surface area contributed by atoms with Gasteiger partial charge in [0.2, 0.25) is 0 Å². The van der Waals surface area contributed by atoms with E-state index >= 15 is 0 Å². The van der Waals surface area contributed by atoms with Gasteiger partial charge in [-0.1, -0.05) is 23.9 Å². The molecule has 2 aromatic carbocycles. The van der Waals surface area contributed by atoms with Crippen LogP contribution in [0.4, 0.5) is 4.39 Å². The Bertz CT molecular complexity index is 956. The summed E-state index contributed by atoms with van der Waals surface area (Å²) < 4.78 is 27.1. The topological polar surface area (TPSA) is 49.2 Å². The molecule has 1 heterocycles. The van der Waals surface area contributed by atoms with Crippen molar-refractivity contribution in [2.75, 3.05) is 14.2 Å². The van der Waals surface area contributed by atoms with E-state index in [1.54, 1.807) is 38.1 Å². The highest BCUT2D eigenvalue weighted by Crippen LogP contribution is 2.42. The van der Waals surface area contributed by atoms with Gasteiger partial charge < -0.3 is 9.47 Å². The Labute approximate surface area is 161 Å². The van der Waals surface area contributed by atoms with E-state index in [2.05, 4.69) is 14.8 Å². The third-order valence-electron chi connectivity index (χ3n) is 4.54. The van der Waals surface area contributed by atoms with Crippen molar-refractivity contribution in [3.05, 3.63) is 53.8 Å². The number of aromatic nitrogens is 3. The first-order valence-electron chi connectivity index (χ1n) is 8.74. The fraction of sp³-hybridized carbons (Fsp3) is 0.300. The van der Waals surface area contributed by atoms with Crippen LogP contribution in [-0.4, -0.2) is 29.0 Å². The Kier molecular flexibility index (Phi) is 5.03. The number of benzene rings is 2. The molecule has 1 aliphatic carbocycles. The number of ether oxygens (including phenoxy) is 2. The minimum absolute atomic E-state index is 0.280. The van der Waals surface area contributed by atoms with Crippen LogP contribution >= 0.6 is 11.8 Å². The summed E-state index contributed by atoms with van der Waals surface area (Å²) in [7, 11) is 3.29. The van der Waals surface area contributed by atoms with E-state index in [0.717, 1.165) is 35.1 Å². The van der Waals surface area contributed by atoms with Gasteiger partial charge in [0.15, 0.2) is 11.0 Å². The molecule has 0 amide bonds. The second-order valence-electron chi connectivity index (χ2n) is 6.35. The average molecular weight is 385 g/mol. The smallest absolute Gasteiger partial charge is 0.192 e. The predicted octanol–water partition coefficient (Wildman–Crippen LogP) is 4.73. The molecule has 0 bridgehead atoms. The van der Waals surface area contributed by atoms with Gasteiger partial charge in [0.05, 0.1) is 19.8 Å². The lowest BCUT2D eigenvalue weighted by molar-refractivity contribution is 0.400. The lowest BCUT2D eigenvalue weighted by Crippen LogP contribution is -2.01. The Hall–Kier alpha value is -2.54. The predicted molar refractivity (Wildman–Crippen MR) is 103 cm³/mol. The quantitative estimate of drug-likeness (QED) is 0.551. The molecule has 1 aliphatic rings. The minimum atomic E-state index is -0.280. The van der Waals surface area contributed by atoms with Crippen LogP contribution < -0.4 is 9.47 Å². The molecule has 4 rings (SSSR count). The van der Waals surface area contributed by atoms with E-state index in [1.807, 2.05) is 24.3 Å². The minimum Gasteiger partial charge on any atom is -0.497 e. The summed E-state index contributed by atoms with van der Waals surface area (Å²) in [5.74, 6) is 2.55. The molecule has 7 heteroatoms. The Morgan fingerprint density at radius 3 is 2.63 bits per heavy atom. The van der Waals surface area contributed by atoms with Gasteiger partial charge in [0.25, 0.3) is 0 Å². The van der Waals surface area contributed by atoms with E-state index in [9.17, 15) is 4.39 Å². The van der Waals surface area contributed by atoms with Crippen LogP contribution in [0, 0.1) is 5.82 Å². The molecule has 1 aromatic heterocycles. The van der Waals surface area contributed by atoms with Gasteiger partial charge in [0.1, 0.15) is 17.3 Å². The number of halogens is 1. The van der Waals surface area contributed by atoms with E-state index in [1.165, 1.54) is 6.07 Å². The number of thioether (sulfide) groups is 1. The summed E-state index contributed by atoms with van der Waals surface area (Å²) in [4.78, 5) is 0. The fourth-order valence-electron chi connectivity index (χ4n) is 3.00. The number of nitrogens with zero attached hydrogens (tertiary/aromatic N) is 3. The Morgan fingerprint density at radius 1 is 1.11 bits per heavy atom. The highest BCUT2D eigenvalue weighted by molar-refractivity contribution is 7.98. The normalized spacial score (nSPS) is 13.6. The third kappa shape index (κ3) is 3.64. The summed E-state index contributed by atoms with van der Waals surface area (Å²) in [6.45, 7) is 0. The van der Waals surface area contributed by atoms with Gasteiger partial charge in [-0.3, -0.25) is 4.57 Å². The highest BCUT2D eigenvalue weighted by Gasteiger charge is 2.31. The first-order valence-corrected chi connectivity index (χ1v) is 9.73. The van der Waals surface area contributed by atoms with Crippen LogP contribution in [0.5, 0.6) is 11.5 Å². The second kappa shape index (κ2) is 7.60. The maximum Gasteiger partial charge on any atom is 0.192 e. The molecule has 140 valence electrons. The zero-order chi connectivity index (χ0) is 18.8. The molecule has 5 nitrogen and oxygen atoms in total. The number of hydrogen-bond donors (Lipinski definition) is 0. The second-order valence-corrected chi connectivity index (χ2v) is 7.30. The first kappa shape index (κ1) is 17.9. The molecular weight excluding hydrogens is 365 g/mol. The summed E-state index contributed by atoms with van der Waals surface area (Å²) in [6, 6.07) is 12.8. The Morgan fingerprint density at radius 2 is 1.93 bits per heavy atom. The molecule has 0 saturated heterocycles. The van der Waals surface area contributed by atoms with E-state index in [0.29, 0.717) is 23.2 Å². The molecule has 0 spiro atoms. The van der Waals surface area contributed by atoms with Crippen molar-refractivity contribution in [2.45, 2.75) is 29.8 Å². The molecule has 3 aromatic rings. The lowest BCUT2D eigenvalue weighted by atomic mass is 10.2. The summed E-state index contributed by atoms with van der Waals surface area (Å²) in [5.41, 5.74) is 1.50. The van der Waals surface area contributed by atoms with Gasteiger partial charge in [0, 0.05) is 17.4 Å². The van der Waals surface area contributed by atoms with Gasteiger partial charge in [-0.25, -0.2) is 4.39 Å². The summed E-state index contributed by atoms with van der Waals surface area (Å²) in [6.07, 6.45) is 2.13. The average Bonchev–Trinajstić information content (AvgIpc) is 3.46. The molecule has 0 N–H and O–H groups in total. The van der Waals surface area contributed by atoms with Gasteiger partial charge in [-0.2, -0.15) is 0 Å². The monoisotopic (exact) mass is 385 g/mol. The third-order valence-corrected chi connectivity index (χ3v) is 5.53. The molecule has 27 heavy (non-hydrogen) atoms. The van der Waals surface area contributed by atoms with Crippen molar-refractivity contribution in [3.8, 4) is 22.9 Å². The van der Waals surface area contributed by atoms with Crippen LogP contribution in [0.2, 0.25) is 0 Å². The zero-order valence-corrected chi connectivity index (χ0v) is 16.0. The Balaban J connectivity index is 1.63. The standard InChI is InChI=1S/C20H20FN3O2S/c1-25-15-9-10-18(26-2)13(11-15)12-27-20-23-22-19(24(20)14-7-8-14)16-5-3-4-6-17(16)21/h3-6,9-11,14H,7-8,12H2,1-2H3. The summed E-state index contributed by atoms with van der Waals surface area (Å²) >= 11 is 1.57. The largest absolute Gasteiger partial charge is 0.497 e. The molecule has 0 aliphatic heterocycles. The maximum absolute atomic E-state index is 14.3. The van der Waals surface area contributed by atoms with E-state index in [-0.39, 0.29) is 5.82 Å². The van der Waals surface area contributed by atoms with Crippen molar-refractivity contribution in [3.63, 3.8) is 0 Å². The van der Waals surface area contributed by atoms with Crippen LogP contribution in [0.25, 0.3) is 11.4 Å². The molecule has 0 atom stereocenters. The van der Waals surface area contributed by atoms with E-state index in [4.69, 9.17) is 9.47 Å². The van der Waals surface area contributed by atoms with Gasteiger partial charge in [-0.15, -0.1) is 10.2 Å². The van der Waals surface area contributed by atoms with Crippen molar-refractivity contribution in [2.24, 2.45) is 0 Å². The molecule has 1 fully saturated rings. The zero-order valence-electron chi connectivity index (χ0n) is 15.2. The maximum atomic E-state index is 14.3. The van der Waals surface area contributed by atoms with E-state index < -0.39 is 0 Å². The highest BCUT2D eigenvalue weighted by atomic mass is 32.2. The lowest BCUT2D eigenvalue weighted by Gasteiger charge is -2.12. The van der Waals surface area contributed by atoms with Crippen molar-refractivity contribution < 1.29 is 13.9 Å². The molecule has 0 radical (unpaired) electrons. The van der Waals surface area contributed by atoms with Gasteiger partial charge in [-0.05, 0) is 43.2 Å². The number of hydrogen-bond acceptors (Lipinski definition) is 5. The molecule has 0 unspecified atom stereocenters.